The van der Waals surface area contributed by atoms with E-state index in [0.717, 1.165) is 25.9 Å². The Morgan fingerprint density at radius 2 is 2.05 bits per heavy atom. The second-order valence-electron chi connectivity index (χ2n) is 5.87. The van der Waals surface area contributed by atoms with Crippen LogP contribution in [0.3, 0.4) is 0 Å². The predicted octanol–water partition coefficient (Wildman–Crippen LogP) is 3.31. The molecule has 0 radical (unpaired) electrons. The fourth-order valence-electron chi connectivity index (χ4n) is 3.30. The molecule has 1 saturated heterocycles. The van der Waals surface area contributed by atoms with E-state index in [9.17, 15) is 0 Å². The number of benzene rings is 1. The van der Waals surface area contributed by atoms with Crippen LogP contribution >= 0.6 is 0 Å². The lowest BCUT2D eigenvalue weighted by Crippen LogP contribution is -2.54. The molecule has 2 unspecified atom stereocenters. The molecule has 0 amide bonds. The van der Waals surface area contributed by atoms with Crippen molar-refractivity contribution in [2.24, 2.45) is 0 Å². The first-order valence-electron chi connectivity index (χ1n) is 7.84. The molecule has 2 nitrogen and oxygen atoms in total. The highest BCUT2D eigenvalue weighted by Crippen LogP contribution is 2.32. The molecule has 0 saturated carbocycles. The van der Waals surface area contributed by atoms with Crippen molar-refractivity contribution in [3.05, 3.63) is 30.3 Å². The molecule has 1 aromatic carbocycles. The van der Waals surface area contributed by atoms with E-state index < -0.39 is 8.80 Å². The molecule has 20 heavy (non-hydrogen) atoms. The monoisotopic (exact) mass is 287 g/mol. The molecule has 1 heterocycles. The predicted molar refractivity (Wildman–Crippen MR) is 85.7 cm³/mol. The second-order valence-corrected chi connectivity index (χ2v) is 9.03. The summed E-state index contributed by atoms with van der Waals surface area (Å²) in [7, 11) is -1.13. The molecular formula is C17H25NOSi. The van der Waals surface area contributed by atoms with Crippen LogP contribution in [0.4, 0.5) is 0 Å². The van der Waals surface area contributed by atoms with Gasteiger partial charge < -0.3 is 4.74 Å². The Balaban J connectivity index is 2.08. The van der Waals surface area contributed by atoms with Crippen LogP contribution in [0.25, 0.3) is 0 Å². The molecule has 1 fully saturated rings. The summed E-state index contributed by atoms with van der Waals surface area (Å²) in [5.41, 5.74) is 0. The van der Waals surface area contributed by atoms with Crippen molar-refractivity contribution >= 4 is 14.0 Å². The van der Waals surface area contributed by atoms with Crippen LogP contribution in [-0.2, 0) is 4.74 Å². The Morgan fingerprint density at radius 3 is 2.70 bits per heavy atom. The Bertz CT molecular complexity index is 434. The fourth-order valence-corrected chi connectivity index (χ4v) is 6.35. The van der Waals surface area contributed by atoms with Gasteiger partial charge in [0.15, 0.2) is 0 Å². The molecule has 1 aromatic rings. The van der Waals surface area contributed by atoms with Crippen molar-refractivity contribution in [3.63, 3.8) is 0 Å². The van der Waals surface area contributed by atoms with E-state index in [1.54, 1.807) is 0 Å². The van der Waals surface area contributed by atoms with Crippen LogP contribution in [0.15, 0.2) is 30.3 Å². The summed E-state index contributed by atoms with van der Waals surface area (Å²) >= 11 is 0. The molecule has 108 valence electrons. The van der Waals surface area contributed by atoms with Crippen LogP contribution in [0.1, 0.15) is 44.9 Å². The minimum atomic E-state index is -1.13. The maximum Gasteiger partial charge on any atom is 0.105 e. The molecule has 0 N–H and O–H groups in total. The third kappa shape index (κ3) is 3.71. The molecule has 0 aliphatic carbocycles. The Labute approximate surface area is 124 Å². The maximum atomic E-state index is 8.68. The summed E-state index contributed by atoms with van der Waals surface area (Å²) < 4.78 is 6.34. The van der Waals surface area contributed by atoms with Crippen LogP contribution in [0.5, 0.6) is 0 Å². The van der Waals surface area contributed by atoms with E-state index in [4.69, 9.17) is 10.00 Å². The molecular weight excluding hydrogens is 262 g/mol. The first-order chi connectivity index (χ1) is 9.78. The minimum Gasteiger partial charge on any atom is -0.378 e. The summed E-state index contributed by atoms with van der Waals surface area (Å²) in [6, 6.07) is 13.2. The number of nitriles is 1. The van der Waals surface area contributed by atoms with Crippen LogP contribution in [0.2, 0.25) is 6.55 Å². The van der Waals surface area contributed by atoms with Crippen molar-refractivity contribution in [1.82, 2.24) is 0 Å². The van der Waals surface area contributed by atoms with Crippen molar-refractivity contribution in [2.75, 3.05) is 6.61 Å². The number of hydrogen-bond donors (Lipinski definition) is 0. The molecule has 2 atom stereocenters. The van der Waals surface area contributed by atoms with Gasteiger partial charge in [0.1, 0.15) is 8.80 Å². The lowest BCUT2D eigenvalue weighted by atomic mass is 10.0. The lowest BCUT2D eigenvalue weighted by Gasteiger charge is -2.42. The van der Waals surface area contributed by atoms with Gasteiger partial charge in [-0.2, -0.15) is 5.26 Å². The van der Waals surface area contributed by atoms with E-state index in [0.29, 0.717) is 6.42 Å². The highest BCUT2D eigenvalue weighted by atomic mass is 28.3. The van der Waals surface area contributed by atoms with Crippen LogP contribution in [-0.4, -0.2) is 20.6 Å². The molecule has 1 aliphatic heterocycles. The Morgan fingerprint density at radius 1 is 1.25 bits per heavy atom. The average Bonchev–Trinajstić information content (AvgIpc) is 2.53. The third-order valence-corrected chi connectivity index (χ3v) is 8.32. The molecule has 2 rings (SSSR count). The summed E-state index contributed by atoms with van der Waals surface area (Å²) in [5.74, 6) is 0. The third-order valence-electron chi connectivity index (χ3n) is 4.61. The van der Waals surface area contributed by atoms with E-state index >= 15 is 0 Å². The van der Waals surface area contributed by atoms with Gasteiger partial charge >= 0.3 is 0 Å². The van der Waals surface area contributed by atoms with Gasteiger partial charge in [-0.05, 0) is 38.5 Å². The largest absolute Gasteiger partial charge is 0.378 e. The van der Waals surface area contributed by atoms with E-state index in [1.165, 1.54) is 24.4 Å². The highest BCUT2D eigenvalue weighted by molar-refractivity contribution is 6.74. The molecule has 0 spiro atoms. The van der Waals surface area contributed by atoms with Crippen LogP contribution < -0.4 is 5.19 Å². The van der Waals surface area contributed by atoms with Crippen molar-refractivity contribution in [3.8, 4) is 6.07 Å². The van der Waals surface area contributed by atoms with Crippen molar-refractivity contribution in [1.29, 1.82) is 5.26 Å². The summed E-state index contributed by atoms with van der Waals surface area (Å²) in [5, 5.41) is 10.3. The summed E-state index contributed by atoms with van der Waals surface area (Å²) in [6.45, 7) is 3.35. The lowest BCUT2D eigenvalue weighted by molar-refractivity contribution is -0.0283. The zero-order valence-corrected chi connectivity index (χ0v) is 13.6. The van der Waals surface area contributed by atoms with Crippen LogP contribution in [0, 0.1) is 11.3 Å². The Kier molecular flexibility index (Phi) is 5.81. The van der Waals surface area contributed by atoms with Gasteiger partial charge in [-0.15, -0.1) is 0 Å². The van der Waals surface area contributed by atoms with Gasteiger partial charge in [0.2, 0.25) is 0 Å². The first-order valence-corrected chi connectivity index (χ1v) is 10.2. The standard InChI is InChI=1S/C17H25NOSi/c1-20(16-10-4-2-5-11-16)17(12-6-3-8-14-18)13-7-9-15-19-17/h2,4-5,10-11,20H,3,6-9,12-13,15H2,1H3. The highest BCUT2D eigenvalue weighted by Gasteiger charge is 2.39. The Hall–Kier alpha value is -1.11. The molecule has 0 aromatic heterocycles. The molecule has 0 bridgehead atoms. The topological polar surface area (TPSA) is 33.0 Å². The van der Waals surface area contributed by atoms with Gasteiger partial charge in [-0.1, -0.05) is 42.1 Å². The number of nitrogens with zero attached hydrogens (tertiary/aromatic N) is 1. The van der Waals surface area contributed by atoms with E-state index in [1.807, 2.05) is 0 Å². The van der Waals surface area contributed by atoms with E-state index in [-0.39, 0.29) is 5.22 Å². The zero-order chi connectivity index (χ0) is 14.3. The average molecular weight is 287 g/mol. The second kappa shape index (κ2) is 7.61. The van der Waals surface area contributed by atoms with Crippen molar-refractivity contribution in [2.45, 2.75) is 56.7 Å². The number of hydrogen-bond acceptors (Lipinski definition) is 2. The number of rotatable bonds is 6. The normalized spacial score (nSPS) is 24.0. The fraction of sp³-hybridized carbons (Fsp3) is 0.588. The first kappa shape index (κ1) is 15.3. The SMILES string of the molecule is C[SiH](c1ccccc1)C1(CCCCC#N)CCCCO1. The van der Waals surface area contributed by atoms with Crippen molar-refractivity contribution < 1.29 is 4.74 Å². The zero-order valence-electron chi connectivity index (χ0n) is 12.5. The summed E-state index contributed by atoms with van der Waals surface area (Å²) in [4.78, 5) is 0. The number of ether oxygens (including phenoxy) is 1. The summed E-state index contributed by atoms with van der Waals surface area (Å²) in [6.07, 6.45) is 7.66. The van der Waals surface area contributed by atoms with Gasteiger partial charge in [-0.25, -0.2) is 0 Å². The smallest absolute Gasteiger partial charge is 0.105 e. The van der Waals surface area contributed by atoms with Gasteiger partial charge in [0, 0.05) is 13.0 Å². The van der Waals surface area contributed by atoms with E-state index in [2.05, 4.69) is 42.9 Å². The quantitative estimate of drug-likeness (QED) is 0.594. The molecule has 1 aliphatic rings. The molecule has 3 heteroatoms. The minimum absolute atomic E-state index is 0.120. The van der Waals surface area contributed by atoms with Gasteiger partial charge in [-0.3, -0.25) is 0 Å². The van der Waals surface area contributed by atoms with Gasteiger partial charge in [0.05, 0.1) is 11.3 Å². The van der Waals surface area contributed by atoms with Gasteiger partial charge in [0.25, 0.3) is 0 Å². The maximum absolute atomic E-state index is 8.68. The number of unbranched alkanes of at least 4 members (excludes halogenated alkanes) is 2.